The minimum Gasteiger partial charge on any atom is -0.444 e. The number of amides is 1. The maximum atomic E-state index is 11.7. The Hall–Kier alpha value is -0.770. The van der Waals surface area contributed by atoms with Gasteiger partial charge in [-0.3, -0.25) is 0 Å². The van der Waals surface area contributed by atoms with Crippen LogP contribution in [0.2, 0.25) is 0 Å². The summed E-state index contributed by atoms with van der Waals surface area (Å²) in [5.41, 5.74) is -0.407. The van der Waals surface area contributed by atoms with E-state index >= 15 is 0 Å². The highest BCUT2D eigenvalue weighted by Crippen LogP contribution is 2.32. The molecule has 2 rings (SSSR count). The van der Waals surface area contributed by atoms with E-state index in [9.17, 15) is 4.79 Å². The number of ether oxygens (including phenoxy) is 1. The lowest BCUT2D eigenvalue weighted by atomic mass is 9.79. The lowest BCUT2D eigenvalue weighted by Gasteiger charge is -2.32. The van der Waals surface area contributed by atoms with E-state index in [4.69, 9.17) is 4.74 Å². The summed E-state index contributed by atoms with van der Waals surface area (Å²) < 4.78 is 5.29. The van der Waals surface area contributed by atoms with E-state index in [1.807, 2.05) is 20.8 Å². The fraction of sp³-hybridized carbons (Fsp3) is 0.923. The summed E-state index contributed by atoms with van der Waals surface area (Å²) in [5, 5.41) is 6.43. The lowest BCUT2D eigenvalue weighted by molar-refractivity contribution is 0.0479. The van der Waals surface area contributed by atoms with Gasteiger partial charge in [-0.15, -0.1) is 0 Å². The number of alkyl carbamates (subject to hydrolysis) is 1. The Morgan fingerprint density at radius 2 is 1.94 bits per heavy atom. The topological polar surface area (TPSA) is 50.4 Å². The number of carbonyl (C=O) groups is 1. The van der Waals surface area contributed by atoms with Gasteiger partial charge >= 0.3 is 6.09 Å². The van der Waals surface area contributed by atoms with Gasteiger partial charge in [-0.25, -0.2) is 4.79 Å². The van der Waals surface area contributed by atoms with E-state index in [0.29, 0.717) is 6.04 Å². The summed E-state index contributed by atoms with van der Waals surface area (Å²) in [6, 6.07) is 0.297. The van der Waals surface area contributed by atoms with E-state index in [0.717, 1.165) is 37.8 Å². The molecule has 2 fully saturated rings. The molecule has 1 aliphatic heterocycles. The third-order valence-corrected chi connectivity index (χ3v) is 3.67. The summed E-state index contributed by atoms with van der Waals surface area (Å²) >= 11 is 0. The number of hydrogen-bond acceptors (Lipinski definition) is 3. The number of nitrogens with one attached hydrogen (secondary N) is 2. The van der Waals surface area contributed by atoms with Gasteiger partial charge in [-0.1, -0.05) is 0 Å². The van der Waals surface area contributed by atoms with Gasteiger partial charge in [0.2, 0.25) is 0 Å². The second-order valence-electron chi connectivity index (χ2n) is 6.33. The number of rotatable bonds is 1. The predicted octanol–water partition coefficient (Wildman–Crippen LogP) is 1.90. The van der Waals surface area contributed by atoms with Crippen molar-refractivity contribution in [3.63, 3.8) is 0 Å². The van der Waals surface area contributed by atoms with Crippen molar-refractivity contribution in [3.8, 4) is 0 Å². The summed E-state index contributed by atoms with van der Waals surface area (Å²) in [6.45, 7) is 7.94. The molecule has 0 spiro atoms. The van der Waals surface area contributed by atoms with E-state index in [-0.39, 0.29) is 6.09 Å². The zero-order chi connectivity index (χ0) is 12.5. The zero-order valence-corrected chi connectivity index (χ0v) is 11.1. The summed E-state index contributed by atoms with van der Waals surface area (Å²) in [6.07, 6.45) is 3.13. The molecule has 0 aromatic rings. The van der Waals surface area contributed by atoms with Crippen LogP contribution in [0.25, 0.3) is 0 Å². The SMILES string of the molecule is CC(C)(C)OC(=O)NC1CC[C@H]2CNC[C@H]2C1. The molecule has 98 valence electrons. The number of carbonyl (C=O) groups excluding carboxylic acids is 1. The molecule has 0 aromatic heterocycles. The van der Waals surface area contributed by atoms with Crippen LogP contribution in [0.4, 0.5) is 4.79 Å². The van der Waals surface area contributed by atoms with Gasteiger partial charge < -0.3 is 15.4 Å². The Morgan fingerprint density at radius 1 is 1.24 bits per heavy atom. The van der Waals surface area contributed by atoms with Crippen molar-refractivity contribution in [2.24, 2.45) is 11.8 Å². The number of hydrogen-bond donors (Lipinski definition) is 2. The first-order valence-electron chi connectivity index (χ1n) is 6.64. The van der Waals surface area contributed by atoms with Gasteiger partial charge in [0.1, 0.15) is 5.60 Å². The quantitative estimate of drug-likeness (QED) is 0.736. The molecule has 1 aliphatic carbocycles. The molecule has 2 aliphatic rings. The predicted molar refractivity (Wildman–Crippen MR) is 66.9 cm³/mol. The molecule has 1 saturated heterocycles. The molecule has 0 bridgehead atoms. The van der Waals surface area contributed by atoms with Crippen molar-refractivity contribution in [2.45, 2.75) is 51.7 Å². The first kappa shape index (κ1) is 12.7. The van der Waals surface area contributed by atoms with Crippen molar-refractivity contribution >= 4 is 6.09 Å². The van der Waals surface area contributed by atoms with E-state index in [1.54, 1.807) is 0 Å². The number of fused-ring (bicyclic) bond motifs is 1. The van der Waals surface area contributed by atoms with Crippen molar-refractivity contribution in [1.29, 1.82) is 0 Å². The maximum absolute atomic E-state index is 11.7. The van der Waals surface area contributed by atoms with Gasteiger partial charge in [0, 0.05) is 6.04 Å². The molecular weight excluding hydrogens is 216 g/mol. The molecule has 1 heterocycles. The van der Waals surface area contributed by atoms with Crippen LogP contribution in [0, 0.1) is 11.8 Å². The first-order valence-corrected chi connectivity index (χ1v) is 6.64. The molecule has 2 N–H and O–H groups in total. The third-order valence-electron chi connectivity index (χ3n) is 3.67. The molecule has 0 aromatic carbocycles. The maximum Gasteiger partial charge on any atom is 0.407 e. The van der Waals surface area contributed by atoms with Crippen molar-refractivity contribution in [3.05, 3.63) is 0 Å². The molecule has 3 atom stereocenters. The minimum atomic E-state index is -0.407. The monoisotopic (exact) mass is 240 g/mol. The van der Waals surface area contributed by atoms with Gasteiger partial charge in [0.15, 0.2) is 0 Å². The molecule has 17 heavy (non-hydrogen) atoms. The van der Waals surface area contributed by atoms with Crippen LogP contribution in [0.15, 0.2) is 0 Å². The summed E-state index contributed by atoms with van der Waals surface area (Å²) in [4.78, 5) is 11.7. The minimum absolute atomic E-state index is 0.271. The van der Waals surface area contributed by atoms with Gasteiger partial charge in [-0.2, -0.15) is 0 Å². The summed E-state index contributed by atoms with van der Waals surface area (Å²) in [5.74, 6) is 1.57. The van der Waals surface area contributed by atoms with Crippen molar-refractivity contribution < 1.29 is 9.53 Å². The smallest absolute Gasteiger partial charge is 0.407 e. The van der Waals surface area contributed by atoms with Crippen molar-refractivity contribution in [1.82, 2.24) is 10.6 Å². The average Bonchev–Trinajstić information content (AvgIpc) is 2.61. The largest absolute Gasteiger partial charge is 0.444 e. The Kier molecular flexibility index (Phi) is 3.61. The Morgan fingerprint density at radius 3 is 2.65 bits per heavy atom. The Balaban J connectivity index is 1.78. The molecular formula is C13H24N2O2. The van der Waals surface area contributed by atoms with Crippen LogP contribution >= 0.6 is 0 Å². The fourth-order valence-electron chi connectivity index (χ4n) is 2.90. The molecule has 4 nitrogen and oxygen atoms in total. The van der Waals surface area contributed by atoms with Crippen molar-refractivity contribution in [2.75, 3.05) is 13.1 Å². The van der Waals surface area contributed by atoms with Crippen LogP contribution in [0.3, 0.4) is 0 Å². The molecule has 4 heteroatoms. The van der Waals surface area contributed by atoms with E-state index in [1.165, 1.54) is 6.42 Å². The van der Waals surface area contributed by atoms with Crippen LogP contribution in [0.5, 0.6) is 0 Å². The van der Waals surface area contributed by atoms with Crippen LogP contribution < -0.4 is 10.6 Å². The van der Waals surface area contributed by atoms with E-state index in [2.05, 4.69) is 10.6 Å². The molecule has 1 amide bonds. The van der Waals surface area contributed by atoms with Gasteiger partial charge in [-0.05, 0) is 65.0 Å². The van der Waals surface area contributed by atoms with Crippen LogP contribution in [0.1, 0.15) is 40.0 Å². The summed E-state index contributed by atoms with van der Waals surface area (Å²) in [7, 11) is 0. The van der Waals surface area contributed by atoms with E-state index < -0.39 is 5.60 Å². The highest BCUT2D eigenvalue weighted by molar-refractivity contribution is 5.68. The second kappa shape index (κ2) is 4.84. The van der Waals surface area contributed by atoms with Crippen LogP contribution in [-0.2, 0) is 4.74 Å². The zero-order valence-electron chi connectivity index (χ0n) is 11.1. The standard InChI is InChI=1S/C13H24N2O2/c1-13(2,3)17-12(16)15-11-5-4-9-7-14-8-10(9)6-11/h9-11,14H,4-8H2,1-3H3,(H,15,16)/t9-,10+,11?/m0/s1. The lowest BCUT2D eigenvalue weighted by Crippen LogP contribution is -2.43. The van der Waals surface area contributed by atoms with Crippen LogP contribution in [-0.4, -0.2) is 30.8 Å². The average molecular weight is 240 g/mol. The Labute approximate surface area is 103 Å². The second-order valence-corrected chi connectivity index (χ2v) is 6.33. The first-order chi connectivity index (χ1) is 7.94. The third kappa shape index (κ3) is 3.60. The normalized spacial score (nSPS) is 33.0. The van der Waals surface area contributed by atoms with Gasteiger partial charge in [0.05, 0.1) is 0 Å². The molecule has 1 saturated carbocycles. The highest BCUT2D eigenvalue weighted by atomic mass is 16.6. The molecule has 0 radical (unpaired) electrons. The highest BCUT2D eigenvalue weighted by Gasteiger charge is 2.34. The Bertz CT molecular complexity index is 286. The fourth-order valence-corrected chi connectivity index (χ4v) is 2.90. The van der Waals surface area contributed by atoms with Gasteiger partial charge in [0.25, 0.3) is 0 Å². The molecule has 1 unspecified atom stereocenters.